The van der Waals surface area contributed by atoms with E-state index in [9.17, 15) is 0 Å². The van der Waals surface area contributed by atoms with Crippen molar-refractivity contribution >= 4 is 61.4 Å². The van der Waals surface area contributed by atoms with Gasteiger partial charge in [-0.3, -0.25) is 0 Å². The van der Waals surface area contributed by atoms with Crippen molar-refractivity contribution in [3.05, 3.63) is 72.7 Å². The van der Waals surface area contributed by atoms with Crippen LogP contribution in [0.1, 0.15) is 25.6 Å². The Labute approximate surface area is 201 Å². The van der Waals surface area contributed by atoms with E-state index in [-0.39, 0.29) is 5.92 Å². The normalized spacial score (nSPS) is 12.5. The van der Waals surface area contributed by atoms with Crippen LogP contribution in [-0.4, -0.2) is 28.2 Å². The van der Waals surface area contributed by atoms with Crippen LogP contribution < -0.4 is 4.40 Å². The molecule has 0 saturated carbocycles. The summed E-state index contributed by atoms with van der Waals surface area (Å²) in [6.07, 6.45) is 1.77. The predicted molar refractivity (Wildman–Crippen MR) is 145 cm³/mol. The van der Waals surface area contributed by atoms with Crippen LogP contribution in [0.4, 0.5) is 0 Å². The van der Waals surface area contributed by atoms with Gasteiger partial charge in [0.05, 0.1) is 0 Å². The topological polar surface area (TPSA) is 51.8 Å². The Bertz CT molecular complexity index is 1730. The third-order valence-corrected chi connectivity index (χ3v) is 10.8. The van der Waals surface area contributed by atoms with E-state index in [0.29, 0.717) is 5.71 Å². The molecule has 3 heterocycles. The Kier molecular flexibility index (Phi) is 4.78. The molecule has 0 unspecified atom stereocenters. The van der Waals surface area contributed by atoms with Crippen molar-refractivity contribution in [3.63, 3.8) is 0 Å². The number of aromatic nitrogens is 3. The van der Waals surface area contributed by atoms with Crippen molar-refractivity contribution in [3.8, 4) is 11.3 Å². The van der Waals surface area contributed by atoms with E-state index >= 15 is 0 Å². The van der Waals surface area contributed by atoms with Crippen LogP contribution in [0.25, 0.3) is 55.0 Å². The van der Waals surface area contributed by atoms with Crippen molar-refractivity contribution < 1.29 is 4.42 Å². The van der Waals surface area contributed by atoms with Crippen LogP contribution in [0.2, 0.25) is 17.3 Å². The minimum atomic E-state index is -2.17. The zero-order valence-electron chi connectivity index (χ0n) is 20.2. The maximum atomic E-state index is 6.29. The molecule has 0 fully saturated rings. The molecule has 0 spiro atoms. The van der Waals surface area contributed by atoms with Gasteiger partial charge in [-0.05, 0) is 0 Å². The number of hydrogen-bond acceptors (Lipinski definition) is 4. The Morgan fingerprint density at radius 2 is 1.59 bits per heavy atom. The average molecular weight is 506 g/mol. The summed E-state index contributed by atoms with van der Waals surface area (Å²) < 4.78 is 7.77. The summed E-state index contributed by atoms with van der Waals surface area (Å²) >= 11 is -2.17. The van der Waals surface area contributed by atoms with E-state index in [4.69, 9.17) is 14.4 Å². The summed E-state index contributed by atoms with van der Waals surface area (Å²) in [5, 5.41) is 5.68. The van der Waals surface area contributed by atoms with Crippen LogP contribution in [0.3, 0.4) is 0 Å². The molecule has 0 aliphatic rings. The summed E-state index contributed by atoms with van der Waals surface area (Å²) in [5.41, 5.74) is 4.44. The van der Waals surface area contributed by atoms with Gasteiger partial charge in [-0.1, -0.05) is 0 Å². The molecule has 0 aliphatic carbocycles. The van der Waals surface area contributed by atoms with Gasteiger partial charge in [-0.2, -0.15) is 0 Å². The number of rotatable bonds is 3. The molecular formula is C29H27GeN3O. The monoisotopic (exact) mass is 507 g/mol. The number of para-hydroxylation sites is 1. The van der Waals surface area contributed by atoms with Crippen LogP contribution in [-0.2, 0) is 0 Å². The zero-order valence-corrected chi connectivity index (χ0v) is 22.3. The first-order chi connectivity index (χ1) is 16.3. The standard InChI is InChI=1S/C29H27GeN3O/c1-17(2)28-32-25(22-11-7-10-19-20-12-8-16-31-29(20)34-27(19)22)21-15-14-18-9-6-13-23(30(3,4)5)24(18)26(21)33-28/h6-17H,1-5H3. The fraction of sp³-hybridized carbons (Fsp3) is 0.207. The zero-order chi connectivity index (χ0) is 23.6. The van der Waals surface area contributed by atoms with Crippen molar-refractivity contribution in [1.29, 1.82) is 0 Å². The number of hydrogen-bond donors (Lipinski definition) is 0. The quantitative estimate of drug-likeness (QED) is 0.185. The SMILES string of the molecule is CC(C)c1nc(-c2cccc3c2oc2ncccc23)c2ccc3ccc[c]([Ge]([CH3])([CH3])[CH3])c3c2n1. The van der Waals surface area contributed by atoms with Gasteiger partial charge in [0.15, 0.2) is 0 Å². The maximum absolute atomic E-state index is 6.29. The summed E-state index contributed by atoms with van der Waals surface area (Å²) in [6.45, 7) is 4.31. The van der Waals surface area contributed by atoms with Gasteiger partial charge in [0, 0.05) is 0 Å². The molecule has 0 bridgehead atoms. The Hall–Kier alpha value is -3.25. The predicted octanol–water partition coefficient (Wildman–Crippen LogP) is 7.41. The van der Waals surface area contributed by atoms with Crippen molar-refractivity contribution in [2.24, 2.45) is 0 Å². The number of fused-ring (bicyclic) bond motifs is 6. The van der Waals surface area contributed by atoms with E-state index in [0.717, 1.165) is 44.3 Å². The Morgan fingerprint density at radius 3 is 2.38 bits per heavy atom. The Balaban J connectivity index is 1.78. The number of benzene rings is 3. The average Bonchev–Trinajstić information content (AvgIpc) is 3.21. The molecule has 34 heavy (non-hydrogen) atoms. The Morgan fingerprint density at radius 1 is 0.794 bits per heavy atom. The van der Waals surface area contributed by atoms with Gasteiger partial charge in [-0.15, -0.1) is 0 Å². The van der Waals surface area contributed by atoms with Crippen molar-refractivity contribution in [1.82, 2.24) is 15.0 Å². The molecule has 0 radical (unpaired) electrons. The first-order valence-electron chi connectivity index (χ1n) is 11.8. The summed E-state index contributed by atoms with van der Waals surface area (Å²) in [4.78, 5) is 14.7. The van der Waals surface area contributed by atoms with E-state index < -0.39 is 13.3 Å². The second-order valence-corrected chi connectivity index (χ2v) is 20.9. The van der Waals surface area contributed by atoms with Gasteiger partial charge in [0.2, 0.25) is 0 Å². The van der Waals surface area contributed by atoms with Crippen LogP contribution >= 0.6 is 0 Å². The fourth-order valence-electron chi connectivity index (χ4n) is 4.89. The molecule has 4 nitrogen and oxygen atoms in total. The third-order valence-electron chi connectivity index (χ3n) is 6.58. The first-order valence-corrected chi connectivity index (χ1v) is 19.2. The molecule has 6 rings (SSSR count). The number of pyridine rings is 1. The van der Waals surface area contributed by atoms with Crippen molar-refractivity contribution in [2.75, 3.05) is 0 Å². The summed E-state index contributed by atoms with van der Waals surface area (Å²) in [7, 11) is 0. The van der Waals surface area contributed by atoms with E-state index in [1.54, 1.807) is 6.20 Å². The molecule has 3 aromatic heterocycles. The van der Waals surface area contributed by atoms with Gasteiger partial charge >= 0.3 is 202 Å². The molecule has 0 amide bonds. The molecule has 0 saturated heterocycles. The van der Waals surface area contributed by atoms with Gasteiger partial charge in [-0.25, -0.2) is 0 Å². The van der Waals surface area contributed by atoms with Crippen molar-refractivity contribution in [2.45, 2.75) is 37.0 Å². The number of nitrogens with zero attached hydrogens (tertiary/aromatic N) is 3. The van der Waals surface area contributed by atoms with Crippen LogP contribution in [0.5, 0.6) is 0 Å². The van der Waals surface area contributed by atoms with E-state index in [1.807, 2.05) is 6.07 Å². The third kappa shape index (κ3) is 3.23. The van der Waals surface area contributed by atoms with Gasteiger partial charge in [0.1, 0.15) is 0 Å². The fourth-order valence-corrected chi connectivity index (χ4v) is 8.27. The molecule has 5 heteroatoms. The molecule has 6 aromatic rings. The first kappa shape index (κ1) is 21.3. The molecule has 168 valence electrons. The molecular weight excluding hydrogens is 479 g/mol. The molecule has 0 atom stereocenters. The number of furan rings is 1. The molecule has 3 aromatic carbocycles. The van der Waals surface area contributed by atoms with E-state index in [2.05, 4.69) is 90.7 Å². The second-order valence-electron chi connectivity index (χ2n) is 10.3. The van der Waals surface area contributed by atoms with Gasteiger partial charge < -0.3 is 0 Å². The van der Waals surface area contributed by atoms with Crippen LogP contribution in [0.15, 0.2) is 71.3 Å². The summed E-state index contributed by atoms with van der Waals surface area (Å²) in [6, 6.07) is 21.4. The van der Waals surface area contributed by atoms with E-state index in [1.165, 1.54) is 15.2 Å². The molecule has 0 aliphatic heterocycles. The van der Waals surface area contributed by atoms with Crippen LogP contribution in [0, 0.1) is 0 Å². The second kappa shape index (κ2) is 7.64. The summed E-state index contributed by atoms with van der Waals surface area (Å²) in [5.74, 6) is 8.40. The molecule has 0 N–H and O–H groups in total. The van der Waals surface area contributed by atoms with Gasteiger partial charge in [0.25, 0.3) is 0 Å². The minimum absolute atomic E-state index is 0.207.